The number of para-hydroxylation sites is 1. The first-order valence-corrected chi connectivity index (χ1v) is 9.55. The Kier molecular flexibility index (Phi) is 4.26. The van der Waals surface area contributed by atoms with Crippen molar-refractivity contribution < 1.29 is 23.3 Å². The van der Waals surface area contributed by atoms with Crippen LogP contribution in [0.2, 0.25) is 0 Å². The number of furan rings is 1. The van der Waals surface area contributed by atoms with Gasteiger partial charge in [-0.05, 0) is 24.3 Å². The number of carbonyl (C=O) groups is 1. The third-order valence-corrected chi connectivity index (χ3v) is 5.59. The zero-order valence-corrected chi connectivity index (χ0v) is 15.3. The summed E-state index contributed by atoms with van der Waals surface area (Å²) in [5, 5.41) is 0.478. The molecule has 1 saturated heterocycles. The number of benzene rings is 1. The Morgan fingerprint density at radius 3 is 2.68 bits per heavy atom. The van der Waals surface area contributed by atoms with Crippen LogP contribution in [0.25, 0.3) is 11.0 Å². The SMILES string of the molecule is O=C1c2oc3ccccc3c(=O)c2[C@H](c2ccco2)N1CC[NH+]1CCOCC1. The number of nitrogens with one attached hydrogen (secondary N) is 1. The van der Waals surface area contributed by atoms with Crippen molar-refractivity contribution in [3.05, 3.63) is 70.0 Å². The molecule has 1 atom stereocenters. The number of carbonyl (C=O) groups excluding carboxylic acids is 1. The summed E-state index contributed by atoms with van der Waals surface area (Å²) in [6, 6.07) is 10.0. The minimum absolute atomic E-state index is 0.127. The fourth-order valence-electron chi connectivity index (χ4n) is 4.13. The Labute approximate surface area is 161 Å². The second-order valence-corrected chi connectivity index (χ2v) is 7.20. The van der Waals surface area contributed by atoms with Crippen molar-refractivity contribution in [3.63, 3.8) is 0 Å². The number of ether oxygens (including phenoxy) is 1. The van der Waals surface area contributed by atoms with Gasteiger partial charge >= 0.3 is 0 Å². The van der Waals surface area contributed by atoms with Crippen molar-refractivity contribution in [1.29, 1.82) is 0 Å². The average molecular weight is 381 g/mol. The molecule has 0 spiro atoms. The van der Waals surface area contributed by atoms with Crippen molar-refractivity contribution in [2.24, 2.45) is 0 Å². The Bertz CT molecular complexity index is 1070. The molecule has 0 unspecified atom stereocenters. The maximum Gasteiger partial charge on any atom is 0.291 e. The number of quaternary nitrogens is 1. The van der Waals surface area contributed by atoms with Crippen LogP contribution in [0.3, 0.4) is 0 Å². The van der Waals surface area contributed by atoms with Crippen LogP contribution >= 0.6 is 0 Å². The van der Waals surface area contributed by atoms with E-state index in [1.54, 1.807) is 47.6 Å². The quantitative estimate of drug-likeness (QED) is 0.725. The van der Waals surface area contributed by atoms with Crippen molar-refractivity contribution >= 4 is 16.9 Å². The molecule has 144 valence electrons. The number of hydrogen-bond acceptors (Lipinski definition) is 5. The first-order valence-electron chi connectivity index (χ1n) is 9.55. The standard InChI is InChI=1S/C21H20N2O5/c24-19-14-4-1-2-5-15(14)28-20-17(19)18(16-6-3-11-27-16)23(21(20)25)8-7-22-9-12-26-13-10-22/h1-6,11,18H,7-10,12-13H2/p+1/t18-/m0/s1. The monoisotopic (exact) mass is 381 g/mol. The number of amides is 1. The van der Waals surface area contributed by atoms with Crippen LogP contribution < -0.4 is 10.3 Å². The van der Waals surface area contributed by atoms with Crippen molar-refractivity contribution in [2.45, 2.75) is 6.04 Å². The molecule has 28 heavy (non-hydrogen) atoms. The number of hydrogen-bond donors (Lipinski definition) is 1. The Morgan fingerprint density at radius 1 is 1.07 bits per heavy atom. The molecule has 5 rings (SSSR count). The molecule has 1 fully saturated rings. The molecule has 1 N–H and O–H groups in total. The highest BCUT2D eigenvalue weighted by Crippen LogP contribution is 2.37. The molecule has 1 amide bonds. The van der Waals surface area contributed by atoms with Gasteiger partial charge in [0.05, 0.1) is 43.5 Å². The largest absolute Gasteiger partial charge is 0.467 e. The van der Waals surface area contributed by atoms with Gasteiger partial charge in [0.2, 0.25) is 5.76 Å². The number of fused-ring (bicyclic) bond motifs is 2. The van der Waals surface area contributed by atoms with Gasteiger partial charge in [0, 0.05) is 0 Å². The number of rotatable bonds is 4. The molecule has 0 bridgehead atoms. The summed E-state index contributed by atoms with van der Waals surface area (Å²) in [7, 11) is 0. The first kappa shape index (κ1) is 17.2. The zero-order chi connectivity index (χ0) is 19.1. The second-order valence-electron chi connectivity index (χ2n) is 7.20. The summed E-state index contributed by atoms with van der Waals surface area (Å²) in [5.74, 6) is 0.445. The zero-order valence-electron chi connectivity index (χ0n) is 15.3. The Balaban J connectivity index is 1.57. The minimum Gasteiger partial charge on any atom is -0.467 e. The van der Waals surface area contributed by atoms with Crippen LogP contribution in [0.1, 0.15) is 27.9 Å². The minimum atomic E-state index is -0.557. The predicted molar refractivity (Wildman–Crippen MR) is 100 cm³/mol. The highest BCUT2D eigenvalue weighted by atomic mass is 16.5. The fraction of sp³-hybridized carbons (Fsp3) is 0.333. The molecule has 2 aliphatic rings. The van der Waals surface area contributed by atoms with Gasteiger partial charge in [-0.15, -0.1) is 0 Å². The van der Waals surface area contributed by atoms with E-state index in [-0.39, 0.29) is 17.1 Å². The highest BCUT2D eigenvalue weighted by molar-refractivity contribution is 5.98. The summed E-state index contributed by atoms with van der Waals surface area (Å²) in [5.41, 5.74) is 0.627. The average Bonchev–Trinajstić information content (AvgIpc) is 3.35. The summed E-state index contributed by atoms with van der Waals surface area (Å²) >= 11 is 0. The summed E-state index contributed by atoms with van der Waals surface area (Å²) in [6.45, 7) is 4.60. The predicted octanol–water partition coefficient (Wildman–Crippen LogP) is 0.846. The molecule has 0 saturated carbocycles. The lowest BCUT2D eigenvalue weighted by Crippen LogP contribution is -3.14. The van der Waals surface area contributed by atoms with Crippen LogP contribution in [0.15, 0.2) is 56.3 Å². The molecule has 7 heteroatoms. The van der Waals surface area contributed by atoms with E-state index < -0.39 is 6.04 Å². The van der Waals surface area contributed by atoms with E-state index in [2.05, 4.69) is 0 Å². The van der Waals surface area contributed by atoms with Crippen LogP contribution in [-0.4, -0.2) is 50.2 Å². The van der Waals surface area contributed by atoms with Gasteiger partial charge < -0.3 is 23.4 Å². The van der Waals surface area contributed by atoms with Gasteiger partial charge in [-0.1, -0.05) is 12.1 Å². The van der Waals surface area contributed by atoms with Crippen LogP contribution in [0.4, 0.5) is 0 Å². The fourth-order valence-corrected chi connectivity index (χ4v) is 4.13. The summed E-state index contributed by atoms with van der Waals surface area (Å²) < 4.78 is 16.9. The van der Waals surface area contributed by atoms with Gasteiger partial charge in [-0.25, -0.2) is 0 Å². The molecular formula is C21H21N2O5+. The van der Waals surface area contributed by atoms with E-state index in [4.69, 9.17) is 13.6 Å². The van der Waals surface area contributed by atoms with E-state index in [9.17, 15) is 9.59 Å². The van der Waals surface area contributed by atoms with E-state index in [0.717, 1.165) is 32.8 Å². The molecule has 7 nitrogen and oxygen atoms in total. The van der Waals surface area contributed by atoms with Crippen LogP contribution in [-0.2, 0) is 4.74 Å². The Morgan fingerprint density at radius 2 is 1.89 bits per heavy atom. The second kappa shape index (κ2) is 6.92. The normalized spacial score (nSPS) is 20.1. The molecule has 4 heterocycles. The number of nitrogens with zero attached hydrogens (tertiary/aromatic N) is 1. The lowest BCUT2D eigenvalue weighted by atomic mass is 10.0. The summed E-state index contributed by atoms with van der Waals surface area (Å²) in [6.07, 6.45) is 1.56. The first-order chi connectivity index (χ1) is 13.7. The maximum atomic E-state index is 13.2. The smallest absolute Gasteiger partial charge is 0.291 e. The van der Waals surface area contributed by atoms with Gasteiger partial charge in [0.1, 0.15) is 30.5 Å². The van der Waals surface area contributed by atoms with E-state index >= 15 is 0 Å². The van der Waals surface area contributed by atoms with E-state index in [1.807, 2.05) is 0 Å². The van der Waals surface area contributed by atoms with Crippen molar-refractivity contribution in [3.8, 4) is 0 Å². The topological polar surface area (TPSA) is 77.3 Å². The van der Waals surface area contributed by atoms with Crippen molar-refractivity contribution in [1.82, 2.24) is 4.90 Å². The molecule has 3 aromatic rings. The van der Waals surface area contributed by atoms with Gasteiger partial charge in [-0.2, -0.15) is 0 Å². The van der Waals surface area contributed by atoms with Crippen LogP contribution in [0.5, 0.6) is 0 Å². The molecule has 2 aliphatic heterocycles. The third-order valence-electron chi connectivity index (χ3n) is 5.59. The van der Waals surface area contributed by atoms with Gasteiger partial charge in [0.15, 0.2) is 5.43 Å². The maximum absolute atomic E-state index is 13.2. The third kappa shape index (κ3) is 2.75. The molecule has 2 aromatic heterocycles. The highest BCUT2D eigenvalue weighted by Gasteiger charge is 2.44. The summed E-state index contributed by atoms with van der Waals surface area (Å²) in [4.78, 5) is 29.5. The lowest BCUT2D eigenvalue weighted by Gasteiger charge is -2.28. The van der Waals surface area contributed by atoms with Gasteiger partial charge in [0.25, 0.3) is 5.91 Å². The van der Waals surface area contributed by atoms with Crippen LogP contribution in [0, 0.1) is 0 Å². The molecule has 0 radical (unpaired) electrons. The number of morpholine rings is 1. The molecule has 0 aliphatic carbocycles. The molecular weight excluding hydrogens is 360 g/mol. The molecule has 1 aromatic carbocycles. The van der Waals surface area contributed by atoms with Gasteiger partial charge in [-0.3, -0.25) is 9.59 Å². The lowest BCUT2D eigenvalue weighted by molar-refractivity contribution is -0.907. The van der Waals surface area contributed by atoms with E-state index in [1.165, 1.54) is 4.90 Å². The Hall–Kier alpha value is -2.90. The van der Waals surface area contributed by atoms with Crippen molar-refractivity contribution in [2.75, 3.05) is 39.4 Å². The van der Waals surface area contributed by atoms with E-state index in [0.29, 0.717) is 28.8 Å².